The summed E-state index contributed by atoms with van der Waals surface area (Å²) in [7, 11) is 2.24. The summed E-state index contributed by atoms with van der Waals surface area (Å²) in [6.45, 7) is 3.54. The number of thioether (sulfide) groups is 1. The Kier molecular flexibility index (Phi) is 5.20. The molecule has 0 saturated carbocycles. The first-order valence-electron chi connectivity index (χ1n) is 9.56. The van der Waals surface area contributed by atoms with Crippen LogP contribution in [0, 0.1) is 5.92 Å². The van der Waals surface area contributed by atoms with Crippen molar-refractivity contribution >= 4 is 39.1 Å². The van der Waals surface area contributed by atoms with Crippen LogP contribution in [0.25, 0.3) is 10.2 Å². The van der Waals surface area contributed by atoms with Crippen molar-refractivity contribution < 1.29 is 0 Å². The minimum atomic E-state index is 0.693. The second kappa shape index (κ2) is 7.41. The fraction of sp³-hybridized carbons (Fsp3) is 0.684. The quantitative estimate of drug-likeness (QED) is 0.620. The van der Waals surface area contributed by atoms with Crippen molar-refractivity contribution in [3.05, 3.63) is 10.4 Å². The highest BCUT2D eigenvalue weighted by atomic mass is 32.2. The van der Waals surface area contributed by atoms with Gasteiger partial charge < -0.3 is 10.6 Å². The van der Waals surface area contributed by atoms with E-state index in [0.29, 0.717) is 5.82 Å². The van der Waals surface area contributed by atoms with Gasteiger partial charge in [-0.05, 0) is 63.6 Å². The van der Waals surface area contributed by atoms with Crippen LogP contribution in [0.2, 0.25) is 0 Å². The van der Waals surface area contributed by atoms with Crippen molar-refractivity contribution in [2.75, 3.05) is 25.1 Å². The fourth-order valence-electron chi connectivity index (χ4n) is 4.30. The van der Waals surface area contributed by atoms with Gasteiger partial charge in [0.05, 0.1) is 5.39 Å². The first-order chi connectivity index (χ1) is 12.2. The molecule has 4 rings (SSSR count). The number of rotatable bonds is 5. The molecule has 1 fully saturated rings. The molecule has 1 aliphatic carbocycles. The van der Waals surface area contributed by atoms with Gasteiger partial charge in [0, 0.05) is 16.7 Å². The van der Waals surface area contributed by atoms with Gasteiger partial charge in [0.25, 0.3) is 0 Å². The van der Waals surface area contributed by atoms with E-state index >= 15 is 0 Å². The Morgan fingerprint density at radius 3 is 2.96 bits per heavy atom. The maximum atomic E-state index is 6.34. The Labute approximate surface area is 158 Å². The van der Waals surface area contributed by atoms with Gasteiger partial charge in [-0.25, -0.2) is 9.97 Å². The van der Waals surface area contributed by atoms with Crippen molar-refractivity contribution in [2.24, 2.45) is 5.92 Å². The molecule has 2 aromatic rings. The minimum Gasteiger partial charge on any atom is -0.383 e. The average Bonchev–Trinajstić information content (AvgIpc) is 3.17. The van der Waals surface area contributed by atoms with E-state index in [0.717, 1.165) is 39.5 Å². The van der Waals surface area contributed by atoms with Crippen LogP contribution in [0.1, 0.15) is 49.5 Å². The number of thiophene rings is 1. The molecule has 3 heterocycles. The normalized spacial score (nSPS) is 24.1. The predicted octanol–water partition coefficient (Wildman–Crippen LogP) is 4.36. The summed E-state index contributed by atoms with van der Waals surface area (Å²) in [6.07, 6.45) is 8.76. The molecule has 4 nitrogen and oxygen atoms in total. The van der Waals surface area contributed by atoms with E-state index in [2.05, 4.69) is 23.9 Å². The van der Waals surface area contributed by atoms with Gasteiger partial charge in [-0.15, -0.1) is 11.3 Å². The zero-order chi connectivity index (χ0) is 17.4. The van der Waals surface area contributed by atoms with Gasteiger partial charge in [0.1, 0.15) is 10.6 Å². The zero-order valence-corrected chi connectivity index (χ0v) is 16.9. The van der Waals surface area contributed by atoms with Gasteiger partial charge in [-0.3, -0.25) is 0 Å². The number of aromatic nitrogens is 2. The number of nitrogen functional groups attached to an aromatic ring is 1. The summed E-state index contributed by atoms with van der Waals surface area (Å²) in [5.74, 6) is 2.59. The lowest BCUT2D eigenvalue weighted by Gasteiger charge is -2.20. The second-order valence-corrected chi connectivity index (χ2v) is 9.65. The van der Waals surface area contributed by atoms with Gasteiger partial charge >= 0.3 is 0 Å². The minimum absolute atomic E-state index is 0.693. The molecule has 25 heavy (non-hydrogen) atoms. The highest BCUT2D eigenvalue weighted by Gasteiger charge is 2.25. The topological polar surface area (TPSA) is 55.0 Å². The van der Waals surface area contributed by atoms with Crippen LogP contribution in [-0.2, 0) is 12.8 Å². The van der Waals surface area contributed by atoms with E-state index in [1.54, 1.807) is 11.8 Å². The van der Waals surface area contributed by atoms with Crippen molar-refractivity contribution in [3.8, 4) is 0 Å². The fourth-order valence-corrected chi connectivity index (χ4v) is 6.59. The summed E-state index contributed by atoms with van der Waals surface area (Å²) >= 11 is 3.62. The van der Waals surface area contributed by atoms with Crippen LogP contribution >= 0.6 is 23.1 Å². The molecular weight excluding hydrogens is 348 g/mol. The number of hydrogen-bond donors (Lipinski definition) is 1. The van der Waals surface area contributed by atoms with Gasteiger partial charge in [0.2, 0.25) is 0 Å². The molecule has 2 unspecified atom stereocenters. The van der Waals surface area contributed by atoms with Crippen LogP contribution in [0.5, 0.6) is 0 Å². The maximum absolute atomic E-state index is 6.34. The van der Waals surface area contributed by atoms with Crippen LogP contribution < -0.4 is 5.73 Å². The molecule has 136 valence electrons. The smallest absolute Gasteiger partial charge is 0.190 e. The van der Waals surface area contributed by atoms with E-state index in [1.165, 1.54) is 55.5 Å². The average molecular weight is 377 g/mol. The largest absolute Gasteiger partial charge is 0.383 e. The summed E-state index contributed by atoms with van der Waals surface area (Å²) in [5, 5.41) is 2.01. The molecule has 0 radical (unpaired) electrons. The van der Waals surface area contributed by atoms with Crippen molar-refractivity contribution in [1.82, 2.24) is 14.9 Å². The molecule has 6 heteroatoms. The van der Waals surface area contributed by atoms with Crippen molar-refractivity contribution in [2.45, 2.75) is 63.1 Å². The van der Waals surface area contributed by atoms with E-state index in [1.807, 2.05) is 11.3 Å². The predicted molar refractivity (Wildman–Crippen MR) is 109 cm³/mol. The Hall–Kier alpha value is -0.850. The highest BCUT2D eigenvalue weighted by Crippen LogP contribution is 2.40. The third-order valence-corrected chi connectivity index (χ3v) is 7.98. The number of likely N-dealkylation sites (tertiary alicyclic amines) is 1. The van der Waals surface area contributed by atoms with E-state index in [9.17, 15) is 0 Å². The Morgan fingerprint density at radius 2 is 2.20 bits per heavy atom. The highest BCUT2D eigenvalue weighted by molar-refractivity contribution is 7.99. The second-order valence-electron chi connectivity index (χ2n) is 7.51. The van der Waals surface area contributed by atoms with E-state index in [4.69, 9.17) is 10.7 Å². The van der Waals surface area contributed by atoms with Crippen LogP contribution in [0.15, 0.2) is 5.16 Å². The Bertz CT molecular complexity index is 757. The standard InChI is InChI=1S/C19H28N4S2/c1-3-12-6-7-14-15(11-12)25-18-16(14)17(20)21-19(22-18)24-10-8-13-5-4-9-23(13)2/h12-13H,3-11H2,1-2H3,(H2,20,21,22). The molecule has 1 aliphatic heterocycles. The lowest BCUT2D eigenvalue weighted by atomic mass is 9.86. The molecule has 0 spiro atoms. The lowest BCUT2D eigenvalue weighted by molar-refractivity contribution is 0.305. The SMILES string of the molecule is CCC1CCc2c(sc3nc(SCCC4CCCN4C)nc(N)c23)C1. The summed E-state index contributed by atoms with van der Waals surface area (Å²) in [4.78, 5) is 14.6. The number of aryl methyl sites for hydroxylation is 1. The first-order valence-corrected chi connectivity index (χ1v) is 11.4. The lowest BCUT2D eigenvalue weighted by Crippen LogP contribution is -2.25. The summed E-state index contributed by atoms with van der Waals surface area (Å²) < 4.78 is 0. The third-order valence-electron chi connectivity index (χ3n) is 5.95. The molecule has 2 aliphatic rings. The number of fused-ring (bicyclic) bond motifs is 3. The number of nitrogens with zero attached hydrogens (tertiary/aromatic N) is 3. The first kappa shape index (κ1) is 17.6. The third kappa shape index (κ3) is 3.53. The van der Waals surface area contributed by atoms with E-state index < -0.39 is 0 Å². The Balaban J connectivity index is 1.49. The monoisotopic (exact) mass is 376 g/mol. The van der Waals surface area contributed by atoms with Crippen LogP contribution in [-0.4, -0.2) is 40.3 Å². The van der Waals surface area contributed by atoms with Crippen LogP contribution in [0.3, 0.4) is 0 Å². The van der Waals surface area contributed by atoms with Gasteiger partial charge in [-0.2, -0.15) is 0 Å². The Morgan fingerprint density at radius 1 is 1.32 bits per heavy atom. The van der Waals surface area contributed by atoms with Gasteiger partial charge in [0.15, 0.2) is 5.16 Å². The maximum Gasteiger partial charge on any atom is 0.190 e. The van der Waals surface area contributed by atoms with E-state index in [-0.39, 0.29) is 0 Å². The summed E-state index contributed by atoms with van der Waals surface area (Å²) in [6, 6.07) is 0.730. The summed E-state index contributed by atoms with van der Waals surface area (Å²) in [5.41, 5.74) is 7.78. The van der Waals surface area contributed by atoms with Gasteiger partial charge in [-0.1, -0.05) is 25.1 Å². The van der Waals surface area contributed by atoms with Crippen LogP contribution in [0.4, 0.5) is 5.82 Å². The molecule has 0 amide bonds. The molecule has 2 N–H and O–H groups in total. The number of anilines is 1. The van der Waals surface area contributed by atoms with Crippen molar-refractivity contribution in [1.29, 1.82) is 0 Å². The van der Waals surface area contributed by atoms with Crippen molar-refractivity contribution in [3.63, 3.8) is 0 Å². The molecule has 2 atom stereocenters. The number of nitrogens with two attached hydrogens (primary N) is 1. The molecule has 0 bridgehead atoms. The molecule has 1 saturated heterocycles. The molecular formula is C19H28N4S2. The molecule has 0 aromatic carbocycles. The zero-order valence-electron chi connectivity index (χ0n) is 15.3. The number of hydrogen-bond acceptors (Lipinski definition) is 6. The molecule has 2 aromatic heterocycles.